The smallest absolute Gasteiger partial charge is 0.406 e. The number of hydrogen-bond acceptors (Lipinski definition) is 4. The molecule has 1 N–H and O–H groups in total. The molecule has 5 heteroatoms. The molecule has 0 radical (unpaired) electrons. The molecular weight excluding hydrogens is 254 g/mol. The summed E-state index contributed by atoms with van der Waals surface area (Å²) in [6.45, 7) is 8.06. The summed E-state index contributed by atoms with van der Waals surface area (Å²) in [6.07, 6.45) is 3.83. The highest BCUT2D eigenvalue weighted by molar-refractivity contribution is 5.67. The lowest BCUT2D eigenvalue weighted by Gasteiger charge is -2.24. The molecule has 0 aliphatic rings. The Hall–Kier alpha value is -1.62. The number of pyridine rings is 1. The second kappa shape index (κ2) is 6.70. The van der Waals surface area contributed by atoms with Gasteiger partial charge in [-0.1, -0.05) is 27.2 Å². The van der Waals surface area contributed by atoms with E-state index >= 15 is 0 Å². The van der Waals surface area contributed by atoms with Gasteiger partial charge in [-0.2, -0.15) is 0 Å². The molecule has 2 atom stereocenters. The van der Waals surface area contributed by atoms with Crippen LogP contribution < -0.4 is 11.1 Å². The van der Waals surface area contributed by atoms with E-state index in [2.05, 4.69) is 31.1 Å². The normalized spacial score (nSPS) is 14.6. The van der Waals surface area contributed by atoms with Gasteiger partial charge in [0.05, 0.1) is 0 Å². The lowest BCUT2D eigenvalue weighted by molar-refractivity contribution is 0.322. The Morgan fingerprint density at radius 3 is 2.95 bits per heavy atom. The third-order valence-electron chi connectivity index (χ3n) is 3.79. The molecule has 0 aliphatic heterocycles. The van der Waals surface area contributed by atoms with E-state index in [1.165, 1.54) is 0 Å². The summed E-state index contributed by atoms with van der Waals surface area (Å²) < 4.78 is 6.87. The largest absolute Gasteiger partial charge is 0.421 e. The van der Waals surface area contributed by atoms with E-state index in [1.807, 2.05) is 0 Å². The topological polar surface area (TPSA) is 60.1 Å². The quantitative estimate of drug-likeness (QED) is 0.844. The van der Waals surface area contributed by atoms with Gasteiger partial charge in [0, 0.05) is 18.8 Å². The molecule has 2 heterocycles. The van der Waals surface area contributed by atoms with Crippen LogP contribution in [0.15, 0.2) is 27.5 Å². The van der Waals surface area contributed by atoms with Crippen molar-refractivity contribution in [2.75, 3.05) is 6.54 Å². The monoisotopic (exact) mass is 277 g/mol. The van der Waals surface area contributed by atoms with Gasteiger partial charge in [-0.05, 0) is 31.0 Å². The number of rotatable bonds is 7. The summed E-state index contributed by atoms with van der Waals surface area (Å²) in [5.74, 6) is 0.160. The number of aromatic nitrogens is 2. The van der Waals surface area contributed by atoms with Crippen LogP contribution in [0.3, 0.4) is 0 Å². The van der Waals surface area contributed by atoms with E-state index in [9.17, 15) is 4.79 Å². The Kier molecular flexibility index (Phi) is 4.95. The summed E-state index contributed by atoms with van der Waals surface area (Å²) in [6, 6.07) is 3.80. The molecule has 2 rings (SSSR count). The van der Waals surface area contributed by atoms with Crippen LogP contribution in [0.5, 0.6) is 0 Å². The molecule has 2 unspecified atom stereocenters. The van der Waals surface area contributed by atoms with Gasteiger partial charge in [0.1, 0.15) is 0 Å². The SMILES string of the molecule is CCCNC(Cn1c(=O)oc2cccnc21)C(C)CC. The Morgan fingerprint density at radius 1 is 1.45 bits per heavy atom. The first-order chi connectivity index (χ1) is 9.67. The predicted octanol–water partition coefficient (Wildman–Crippen LogP) is 2.40. The molecule has 0 bridgehead atoms. The molecule has 0 fully saturated rings. The van der Waals surface area contributed by atoms with Gasteiger partial charge in [-0.3, -0.25) is 4.57 Å². The fourth-order valence-electron chi connectivity index (χ4n) is 2.32. The first-order valence-electron chi connectivity index (χ1n) is 7.35. The summed E-state index contributed by atoms with van der Waals surface area (Å²) in [4.78, 5) is 16.2. The van der Waals surface area contributed by atoms with Crippen LogP contribution in [0.1, 0.15) is 33.6 Å². The van der Waals surface area contributed by atoms with Gasteiger partial charge < -0.3 is 9.73 Å². The maximum Gasteiger partial charge on any atom is 0.421 e. The van der Waals surface area contributed by atoms with Crippen molar-refractivity contribution < 1.29 is 4.42 Å². The van der Waals surface area contributed by atoms with E-state index in [-0.39, 0.29) is 11.8 Å². The lowest BCUT2D eigenvalue weighted by atomic mass is 9.99. The van der Waals surface area contributed by atoms with E-state index < -0.39 is 0 Å². The number of oxazole rings is 1. The summed E-state index contributed by atoms with van der Waals surface area (Å²) in [5, 5.41) is 3.52. The number of fused-ring (bicyclic) bond motifs is 1. The Morgan fingerprint density at radius 2 is 2.25 bits per heavy atom. The van der Waals surface area contributed by atoms with Gasteiger partial charge >= 0.3 is 5.76 Å². The molecule has 110 valence electrons. The van der Waals surface area contributed by atoms with Crippen molar-refractivity contribution in [2.24, 2.45) is 5.92 Å². The van der Waals surface area contributed by atoms with Crippen LogP contribution in [0, 0.1) is 5.92 Å². The highest BCUT2D eigenvalue weighted by Gasteiger charge is 2.19. The molecule has 0 amide bonds. The number of nitrogens with zero attached hydrogens (tertiary/aromatic N) is 2. The Balaban J connectivity index is 2.28. The van der Waals surface area contributed by atoms with Crippen LogP contribution in [-0.4, -0.2) is 22.1 Å². The molecule has 5 nitrogen and oxygen atoms in total. The zero-order chi connectivity index (χ0) is 14.5. The van der Waals surface area contributed by atoms with E-state index in [0.29, 0.717) is 23.7 Å². The van der Waals surface area contributed by atoms with Gasteiger partial charge in [-0.25, -0.2) is 9.78 Å². The third kappa shape index (κ3) is 3.10. The fourth-order valence-corrected chi connectivity index (χ4v) is 2.32. The van der Waals surface area contributed by atoms with Crippen LogP contribution in [0.4, 0.5) is 0 Å². The van der Waals surface area contributed by atoms with Crippen molar-refractivity contribution in [1.29, 1.82) is 0 Å². The highest BCUT2D eigenvalue weighted by Crippen LogP contribution is 2.13. The molecule has 0 aromatic carbocycles. The van der Waals surface area contributed by atoms with Gasteiger partial charge in [-0.15, -0.1) is 0 Å². The lowest BCUT2D eigenvalue weighted by Crippen LogP contribution is -2.40. The second-order valence-corrected chi connectivity index (χ2v) is 5.25. The number of hydrogen-bond donors (Lipinski definition) is 1. The molecule has 0 aliphatic carbocycles. The zero-order valence-electron chi connectivity index (χ0n) is 12.4. The standard InChI is InChI=1S/C15H23N3O2/c1-4-8-16-12(11(3)5-2)10-18-14-13(20-15(18)19)7-6-9-17-14/h6-7,9,11-12,16H,4-5,8,10H2,1-3H3. The van der Waals surface area contributed by atoms with E-state index in [1.54, 1.807) is 22.9 Å². The van der Waals surface area contributed by atoms with Crippen LogP contribution in [-0.2, 0) is 6.54 Å². The van der Waals surface area contributed by atoms with Gasteiger partial charge in [0.25, 0.3) is 0 Å². The minimum Gasteiger partial charge on any atom is -0.406 e. The molecule has 2 aromatic rings. The van der Waals surface area contributed by atoms with Crippen LogP contribution in [0.2, 0.25) is 0 Å². The molecule has 0 saturated carbocycles. The van der Waals surface area contributed by atoms with Gasteiger partial charge in [0.15, 0.2) is 11.2 Å². The number of nitrogens with one attached hydrogen (secondary N) is 1. The zero-order valence-corrected chi connectivity index (χ0v) is 12.4. The second-order valence-electron chi connectivity index (χ2n) is 5.25. The summed E-state index contributed by atoms with van der Waals surface area (Å²) in [5.41, 5.74) is 1.18. The Labute approximate surface area is 119 Å². The van der Waals surface area contributed by atoms with Crippen LogP contribution >= 0.6 is 0 Å². The maximum absolute atomic E-state index is 12.0. The molecule has 20 heavy (non-hydrogen) atoms. The minimum absolute atomic E-state index is 0.250. The average Bonchev–Trinajstić information content (AvgIpc) is 2.78. The molecule has 2 aromatic heterocycles. The predicted molar refractivity (Wildman–Crippen MR) is 79.8 cm³/mol. The fraction of sp³-hybridized carbons (Fsp3) is 0.600. The molecular formula is C15H23N3O2. The first kappa shape index (κ1) is 14.8. The summed E-state index contributed by atoms with van der Waals surface area (Å²) >= 11 is 0. The van der Waals surface area contributed by atoms with Crippen molar-refractivity contribution in [2.45, 2.75) is 46.2 Å². The van der Waals surface area contributed by atoms with Crippen molar-refractivity contribution in [3.63, 3.8) is 0 Å². The van der Waals surface area contributed by atoms with Gasteiger partial charge in [0.2, 0.25) is 0 Å². The maximum atomic E-state index is 12.0. The van der Waals surface area contributed by atoms with Crippen LogP contribution in [0.25, 0.3) is 11.2 Å². The van der Waals surface area contributed by atoms with Crippen molar-refractivity contribution >= 4 is 11.2 Å². The third-order valence-corrected chi connectivity index (χ3v) is 3.79. The van der Waals surface area contributed by atoms with Crippen molar-refractivity contribution in [1.82, 2.24) is 14.9 Å². The van der Waals surface area contributed by atoms with E-state index in [0.717, 1.165) is 19.4 Å². The molecule has 0 spiro atoms. The molecule has 0 saturated heterocycles. The van der Waals surface area contributed by atoms with Crippen molar-refractivity contribution in [3.05, 3.63) is 28.9 Å². The van der Waals surface area contributed by atoms with Crippen molar-refractivity contribution in [3.8, 4) is 0 Å². The highest BCUT2D eigenvalue weighted by atomic mass is 16.4. The first-order valence-corrected chi connectivity index (χ1v) is 7.35. The minimum atomic E-state index is -0.328. The summed E-state index contributed by atoms with van der Waals surface area (Å²) in [7, 11) is 0. The van der Waals surface area contributed by atoms with E-state index in [4.69, 9.17) is 4.42 Å². The average molecular weight is 277 g/mol. The Bertz CT molecular complexity index is 602.